The third kappa shape index (κ3) is 2.62. The molecule has 0 unspecified atom stereocenters. The molecule has 3 rings (SSSR count). The number of hydrogen-bond donors (Lipinski definition) is 1. The first-order chi connectivity index (χ1) is 10.1. The second-order valence-corrected chi connectivity index (χ2v) is 4.38. The topological polar surface area (TPSA) is 93.8 Å². The molecule has 0 aliphatic carbocycles. The number of carbonyl (C=O) groups is 1. The third-order valence-electron chi connectivity index (χ3n) is 2.80. The van der Waals surface area contributed by atoms with Crippen molar-refractivity contribution in [1.82, 2.24) is 24.7 Å². The number of carboxylic acid groups (broad SMARTS) is 1. The molecule has 104 valence electrons. The van der Waals surface area contributed by atoms with Crippen LogP contribution in [0, 0.1) is 6.92 Å². The summed E-state index contributed by atoms with van der Waals surface area (Å²) in [6.45, 7) is 1.84. The van der Waals surface area contributed by atoms with Crippen LogP contribution in [0.4, 0.5) is 0 Å². The van der Waals surface area contributed by atoms with Gasteiger partial charge < -0.3 is 5.11 Å². The highest BCUT2D eigenvalue weighted by Gasteiger charge is 2.11. The highest BCUT2D eigenvalue weighted by molar-refractivity contribution is 5.85. The summed E-state index contributed by atoms with van der Waals surface area (Å²) in [6, 6.07) is 6.82. The molecular weight excluding hydrogens is 270 g/mol. The Morgan fingerprint density at radius 1 is 1.29 bits per heavy atom. The van der Waals surface area contributed by atoms with Gasteiger partial charge in [0.05, 0.1) is 0 Å². The largest absolute Gasteiger partial charge is 0.476 e. The Balaban J connectivity index is 2.07. The minimum Gasteiger partial charge on any atom is -0.476 e. The number of nitrogens with zero attached hydrogens (tertiary/aromatic N) is 5. The van der Waals surface area contributed by atoms with E-state index < -0.39 is 5.97 Å². The maximum atomic E-state index is 10.9. The molecule has 0 atom stereocenters. The predicted molar refractivity (Wildman–Crippen MR) is 74.1 cm³/mol. The summed E-state index contributed by atoms with van der Waals surface area (Å²) in [5, 5.41) is 12.9. The number of aromatic carboxylic acids is 1. The Bertz CT molecular complexity index is 798. The van der Waals surface area contributed by atoms with Crippen molar-refractivity contribution in [3.05, 3.63) is 54.2 Å². The molecule has 21 heavy (non-hydrogen) atoms. The van der Waals surface area contributed by atoms with E-state index in [-0.39, 0.29) is 5.69 Å². The van der Waals surface area contributed by atoms with Crippen molar-refractivity contribution in [1.29, 1.82) is 0 Å². The summed E-state index contributed by atoms with van der Waals surface area (Å²) in [5.41, 5.74) is 1.51. The van der Waals surface area contributed by atoms with Crippen LogP contribution in [-0.4, -0.2) is 35.8 Å². The van der Waals surface area contributed by atoms with E-state index in [2.05, 4.69) is 20.1 Å². The van der Waals surface area contributed by atoms with Gasteiger partial charge in [-0.05, 0) is 25.1 Å². The Morgan fingerprint density at radius 3 is 2.81 bits per heavy atom. The second kappa shape index (κ2) is 5.12. The monoisotopic (exact) mass is 281 g/mol. The Labute approximate surface area is 119 Å². The van der Waals surface area contributed by atoms with Crippen molar-refractivity contribution >= 4 is 5.97 Å². The lowest BCUT2D eigenvalue weighted by atomic mass is 10.2. The molecule has 0 saturated carbocycles. The second-order valence-electron chi connectivity index (χ2n) is 4.38. The number of pyridine rings is 1. The molecule has 0 aromatic carbocycles. The fourth-order valence-electron chi connectivity index (χ4n) is 1.86. The molecule has 1 N–H and O–H groups in total. The van der Waals surface area contributed by atoms with E-state index in [0.717, 1.165) is 11.3 Å². The predicted octanol–water partition coefficient (Wildman–Crippen LogP) is 1.73. The molecular formula is C14H11N5O2. The fourth-order valence-corrected chi connectivity index (χ4v) is 1.86. The smallest absolute Gasteiger partial charge is 0.356 e. The molecule has 0 aliphatic rings. The Kier molecular flexibility index (Phi) is 3.15. The van der Waals surface area contributed by atoms with Crippen LogP contribution in [-0.2, 0) is 0 Å². The van der Waals surface area contributed by atoms with E-state index in [1.54, 1.807) is 30.7 Å². The first-order valence-corrected chi connectivity index (χ1v) is 6.19. The van der Waals surface area contributed by atoms with Gasteiger partial charge in [-0.25, -0.2) is 19.4 Å². The average Bonchev–Trinajstić information content (AvgIpc) is 2.98. The van der Waals surface area contributed by atoms with Gasteiger partial charge in [0.25, 0.3) is 0 Å². The lowest BCUT2D eigenvalue weighted by molar-refractivity contribution is 0.0690. The van der Waals surface area contributed by atoms with Gasteiger partial charge in [-0.2, -0.15) is 5.10 Å². The van der Waals surface area contributed by atoms with Crippen molar-refractivity contribution in [2.75, 3.05) is 0 Å². The van der Waals surface area contributed by atoms with Gasteiger partial charge in [0.15, 0.2) is 17.3 Å². The fraction of sp³-hybridized carbons (Fsp3) is 0.0714. The van der Waals surface area contributed by atoms with Crippen molar-refractivity contribution in [3.63, 3.8) is 0 Å². The van der Waals surface area contributed by atoms with Crippen molar-refractivity contribution in [3.8, 4) is 17.2 Å². The summed E-state index contributed by atoms with van der Waals surface area (Å²) < 4.78 is 1.41. The van der Waals surface area contributed by atoms with Crippen LogP contribution >= 0.6 is 0 Å². The Hall–Kier alpha value is -3.09. The van der Waals surface area contributed by atoms with E-state index in [9.17, 15) is 4.79 Å². The van der Waals surface area contributed by atoms with Crippen LogP contribution in [0.1, 0.15) is 16.2 Å². The number of rotatable bonds is 3. The van der Waals surface area contributed by atoms with E-state index in [1.165, 1.54) is 10.7 Å². The molecule has 7 nitrogen and oxygen atoms in total. The van der Waals surface area contributed by atoms with Crippen LogP contribution in [0.5, 0.6) is 0 Å². The zero-order valence-corrected chi connectivity index (χ0v) is 11.1. The average molecular weight is 281 g/mol. The maximum absolute atomic E-state index is 10.9. The highest BCUT2D eigenvalue weighted by atomic mass is 16.4. The minimum absolute atomic E-state index is 0.0332. The summed E-state index contributed by atoms with van der Waals surface area (Å²) >= 11 is 0. The summed E-state index contributed by atoms with van der Waals surface area (Å²) in [4.78, 5) is 23.7. The summed E-state index contributed by atoms with van der Waals surface area (Å²) in [6.07, 6.45) is 4.90. The molecule has 0 saturated heterocycles. The van der Waals surface area contributed by atoms with E-state index in [4.69, 9.17) is 5.11 Å². The van der Waals surface area contributed by atoms with Gasteiger partial charge in [0.2, 0.25) is 0 Å². The normalized spacial score (nSPS) is 10.5. The summed E-state index contributed by atoms with van der Waals surface area (Å²) in [5.74, 6) is -0.0497. The molecule has 0 amide bonds. The molecule has 7 heteroatoms. The molecule has 0 radical (unpaired) electrons. The first kappa shape index (κ1) is 12.9. The van der Waals surface area contributed by atoms with Gasteiger partial charge in [-0.3, -0.25) is 4.98 Å². The maximum Gasteiger partial charge on any atom is 0.356 e. The third-order valence-corrected chi connectivity index (χ3v) is 2.80. The number of aryl methyl sites for hydroxylation is 1. The van der Waals surface area contributed by atoms with Gasteiger partial charge in [-0.15, -0.1) is 0 Å². The van der Waals surface area contributed by atoms with Gasteiger partial charge in [-0.1, -0.05) is 0 Å². The number of carboxylic acids is 1. The van der Waals surface area contributed by atoms with Crippen LogP contribution in [0.15, 0.2) is 42.9 Å². The van der Waals surface area contributed by atoms with Gasteiger partial charge in [0, 0.05) is 35.9 Å². The van der Waals surface area contributed by atoms with Crippen LogP contribution in [0.3, 0.4) is 0 Å². The van der Waals surface area contributed by atoms with E-state index >= 15 is 0 Å². The number of aromatic nitrogens is 5. The summed E-state index contributed by atoms with van der Waals surface area (Å²) in [7, 11) is 0. The SMILES string of the molecule is Cc1cc(-n2ccc(C(=O)O)n2)nc(-c2cccnc2)n1. The molecule has 3 heterocycles. The zero-order valence-electron chi connectivity index (χ0n) is 11.1. The number of hydrogen-bond acceptors (Lipinski definition) is 5. The van der Waals surface area contributed by atoms with Gasteiger partial charge >= 0.3 is 5.97 Å². The Morgan fingerprint density at radius 2 is 2.14 bits per heavy atom. The van der Waals surface area contributed by atoms with E-state index in [0.29, 0.717) is 11.6 Å². The molecule has 0 aliphatic heterocycles. The van der Waals surface area contributed by atoms with Crippen molar-refractivity contribution in [2.24, 2.45) is 0 Å². The molecule has 3 aromatic heterocycles. The standard InChI is InChI=1S/C14H11N5O2/c1-9-7-12(19-6-4-11(18-19)14(20)21)17-13(16-9)10-3-2-5-15-8-10/h2-8H,1H3,(H,20,21). The molecule has 3 aromatic rings. The van der Waals surface area contributed by atoms with Crippen LogP contribution < -0.4 is 0 Å². The van der Waals surface area contributed by atoms with Crippen molar-refractivity contribution in [2.45, 2.75) is 6.92 Å². The van der Waals surface area contributed by atoms with E-state index in [1.807, 2.05) is 13.0 Å². The lowest BCUT2D eigenvalue weighted by Gasteiger charge is -2.05. The molecule has 0 spiro atoms. The molecule has 0 fully saturated rings. The van der Waals surface area contributed by atoms with Gasteiger partial charge in [0.1, 0.15) is 0 Å². The zero-order chi connectivity index (χ0) is 14.8. The minimum atomic E-state index is -1.08. The van der Waals surface area contributed by atoms with Crippen LogP contribution in [0.25, 0.3) is 17.2 Å². The first-order valence-electron chi connectivity index (χ1n) is 6.19. The van der Waals surface area contributed by atoms with Crippen molar-refractivity contribution < 1.29 is 9.90 Å². The quantitative estimate of drug-likeness (QED) is 0.785. The lowest BCUT2D eigenvalue weighted by Crippen LogP contribution is -2.05. The van der Waals surface area contributed by atoms with Crippen LogP contribution in [0.2, 0.25) is 0 Å². The highest BCUT2D eigenvalue weighted by Crippen LogP contribution is 2.16. The molecule has 0 bridgehead atoms.